The lowest BCUT2D eigenvalue weighted by Crippen LogP contribution is -2.50. The van der Waals surface area contributed by atoms with Crippen molar-refractivity contribution >= 4 is 17.6 Å². The van der Waals surface area contributed by atoms with Gasteiger partial charge in [-0.2, -0.15) is 5.26 Å². The highest BCUT2D eigenvalue weighted by Gasteiger charge is 2.39. The van der Waals surface area contributed by atoms with Crippen molar-refractivity contribution in [2.75, 3.05) is 25.0 Å². The number of piperidine rings is 1. The van der Waals surface area contributed by atoms with E-state index in [1.54, 1.807) is 36.5 Å². The van der Waals surface area contributed by atoms with Crippen LogP contribution in [0.5, 0.6) is 5.75 Å². The predicted octanol–water partition coefficient (Wildman–Crippen LogP) is 2.52. The average Bonchev–Trinajstić information content (AvgIpc) is 3.57. The van der Waals surface area contributed by atoms with Crippen molar-refractivity contribution in [3.63, 3.8) is 0 Å². The molecule has 1 saturated heterocycles. The van der Waals surface area contributed by atoms with E-state index >= 15 is 0 Å². The molecule has 0 bridgehead atoms. The van der Waals surface area contributed by atoms with Gasteiger partial charge in [-0.05, 0) is 47.7 Å². The van der Waals surface area contributed by atoms with Crippen molar-refractivity contribution in [3.05, 3.63) is 42.1 Å². The third kappa shape index (κ3) is 5.12. The number of aliphatic hydroxyl groups excluding tert-OH is 1. The van der Waals surface area contributed by atoms with Gasteiger partial charge in [0.1, 0.15) is 30.3 Å². The zero-order valence-electron chi connectivity index (χ0n) is 18.2. The van der Waals surface area contributed by atoms with Crippen LogP contribution in [0.4, 0.5) is 10.2 Å². The molecule has 0 radical (unpaired) electrons. The van der Waals surface area contributed by atoms with Gasteiger partial charge in [0.25, 0.3) is 0 Å². The summed E-state index contributed by atoms with van der Waals surface area (Å²) in [6, 6.07) is 10.6. The van der Waals surface area contributed by atoms with E-state index in [9.17, 15) is 19.2 Å². The number of rotatable bonds is 6. The summed E-state index contributed by atoms with van der Waals surface area (Å²) < 4.78 is 20.4. The van der Waals surface area contributed by atoms with Gasteiger partial charge >= 0.3 is 0 Å². The number of carbonyl (C=O) groups is 2. The fraction of sp³-hybridized carbons (Fsp3) is 0.417. The van der Waals surface area contributed by atoms with Gasteiger partial charge in [-0.25, -0.2) is 9.37 Å². The predicted molar refractivity (Wildman–Crippen MR) is 118 cm³/mol. The molecule has 2 aliphatic rings. The number of hydrogen-bond acceptors (Lipinski definition) is 6. The van der Waals surface area contributed by atoms with Crippen molar-refractivity contribution in [1.82, 2.24) is 9.88 Å². The lowest BCUT2D eigenvalue weighted by molar-refractivity contribution is -0.138. The number of likely N-dealkylation sites (tertiary alicyclic amines) is 1. The Morgan fingerprint density at radius 1 is 1.33 bits per heavy atom. The topological polar surface area (TPSA) is 116 Å². The Morgan fingerprint density at radius 2 is 2.09 bits per heavy atom. The number of amides is 2. The number of benzene rings is 1. The standard InChI is InChI=1S/C24H25FN4O4/c1-14-8-18(14)24(32)28-22-10-16(4-6-27-22)15-2-3-20(17(9-15)11-26)33-21-5-7-29(12-19(21)25)23(31)13-30/h2-4,6,9-10,14,18-19,21,30H,5,7-8,12-13H2,1H3,(H,27,28,32)/t14-,18-,19-,21+/m1/s1. The van der Waals surface area contributed by atoms with E-state index in [4.69, 9.17) is 9.84 Å². The maximum absolute atomic E-state index is 14.6. The number of nitrogens with zero attached hydrogens (tertiary/aromatic N) is 3. The lowest BCUT2D eigenvalue weighted by atomic mass is 10.0. The Bertz CT molecular complexity index is 1100. The summed E-state index contributed by atoms with van der Waals surface area (Å²) in [6.07, 6.45) is 0.508. The average molecular weight is 452 g/mol. The highest BCUT2D eigenvalue weighted by atomic mass is 19.1. The van der Waals surface area contributed by atoms with Crippen molar-refractivity contribution in [2.45, 2.75) is 32.0 Å². The molecule has 4 atom stereocenters. The number of hydrogen-bond donors (Lipinski definition) is 2. The van der Waals surface area contributed by atoms with Gasteiger partial charge in [0.2, 0.25) is 11.8 Å². The molecule has 2 amide bonds. The monoisotopic (exact) mass is 452 g/mol. The van der Waals surface area contributed by atoms with E-state index in [0.717, 1.165) is 17.5 Å². The number of nitriles is 1. The van der Waals surface area contributed by atoms with Gasteiger partial charge < -0.3 is 20.1 Å². The summed E-state index contributed by atoms with van der Waals surface area (Å²) in [4.78, 5) is 29.2. The van der Waals surface area contributed by atoms with Crippen molar-refractivity contribution in [1.29, 1.82) is 5.26 Å². The number of alkyl halides is 1. The highest BCUT2D eigenvalue weighted by Crippen LogP contribution is 2.38. The van der Waals surface area contributed by atoms with Gasteiger partial charge in [0.15, 0.2) is 6.17 Å². The summed E-state index contributed by atoms with van der Waals surface area (Å²) in [5, 5.41) is 21.4. The Hall–Kier alpha value is -3.51. The van der Waals surface area contributed by atoms with Gasteiger partial charge in [-0.3, -0.25) is 9.59 Å². The number of halogens is 1. The van der Waals surface area contributed by atoms with Crippen LogP contribution in [0.3, 0.4) is 0 Å². The number of carbonyl (C=O) groups excluding carboxylic acids is 2. The molecule has 172 valence electrons. The summed E-state index contributed by atoms with van der Waals surface area (Å²) in [5.74, 6) is 0.579. The van der Waals surface area contributed by atoms with E-state index in [2.05, 4.69) is 16.4 Å². The number of aliphatic hydroxyl groups is 1. The Morgan fingerprint density at radius 3 is 2.76 bits per heavy atom. The molecule has 0 spiro atoms. The third-order valence-corrected chi connectivity index (χ3v) is 6.14. The molecule has 33 heavy (non-hydrogen) atoms. The summed E-state index contributed by atoms with van der Waals surface area (Å²) >= 11 is 0. The van der Waals surface area contributed by atoms with Crippen LogP contribution in [0.2, 0.25) is 0 Å². The van der Waals surface area contributed by atoms with Gasteiger partial charge in [0, 0.05) is 25.1 Å². The van der Waals surface area contributed by atoms with E-state index in [1.807, 2.05) is 6.92 Å². The molecule has 1 aliphatic heterocycles. The van der Waals surface area contributed by atoms with Crippen molar-refractivity contribution in [2.24, 2.45) is 11.8 Å². The second-order valence-corrected chi connectivity index (χ2v) is 8.52. The largest absolute Gasteiger partial charge is 0.486 e. The van der Waals surface area contributed by atoms with E-state index in [-0.39, 0.29) is 42.6 Å². The number of anilines is 1. The van der Waals surface area contributed by atoms with Gasteiger partial charge in [-0.15, -0.1) is 0 Å². The molecule has 2 heterocycles. The highest BCUT2D eigenvalue weighted by molar-refractivity contribution is 5.94. The fourth-order valence-corrected chi connectivity index (χ4v) is 3.99. The minimum atomic E-state index is -1.43. The Labute approximate surface area is 191 Å². The van der Waals surface area contributed by atoms with Crippen molar-refractivity contribution in [3.8, 4) is 22.9 Å². The first-order chi connectivity index (χ1) is 15.9. The molecule has 2 fully saturated rings. The first-order valence-electron chi connectivity index (χ1n) is 10.9. The number of nitrogens with one attached hydrogen (secondary N) is 1. The molecule has 2 N–H and O–H groups in total. The number of pyridine rings is 1. The maximum atomic E-state index is 14.6. The zero-order valence-corrected chi connectivity index (χ0v) is 18.2. The van der Waals surface area contributed by atoms with Gasteiger partial charge in [0.05, 0.1) is 12.1 Å². The minimum Gasteiger partial charge on any atom is -0.486 e. The van der Waals surface area contributed by atoms with Crippen LogP contribution in [-0.4, -0.2) is 58.8 Å². The third-order valence-electron chi connectivity index (χ3n) is 6.14. The molecule has 1 saturated carbocycles. The first-order valence-corrected chi connectivity index (χ1v) is 10.9. The molecular formula is C24H25FN4O4. The lowest BCUT2D eigenvalue weighted by Gasteiger charge is -2.34. The Kier molecular flexibility index (Phi) is 6.56. The second-order valence-electron chi connectivity index (χ2n) is 8.52. The molecule has 1 aliphatic carbocycles. The van der Waals surface area contributed by atoms with Crippen LogP contribution in [0, 0.1) is 23.2 Å². The molecule has 4 rings (SSSR count). The van der Waals surface area contributed by atoms with Crippen LogP contribution >= 0.6 is 0 Å². The summed E-state index contributed by atoms with van der Waals surface area (Å²) in [7, 11) is 0. The molecule has 9 heteroatoms. The molecule has 2 aromatic rings. The molecule has 8 nitrogen and oxygen atoms in total. The van der Waals surface area contributed by atoms with Gasteiger partial charge in [-0.1, -0.05) is 13.0 Å². The zero-order chi connectivity index (χ0) is 23.5. The van der Waals surface area contributed by atoms with Crippen LogP contribution in [0.15, 0.2) is 36.5 Å². The van der Waals surface area contributed by atoms with E-state index in [1.165, 1.54) is 4.90 Å². The number of ether oxygens (including phenoxy) is 1. The smallest absolute Gasteiger partial charge is 0.248 e. The van der Waals surface area contributed by atoms with E-state index < -0.39 is 24.8 Å². The normalized spacial score (nSPS) is 24.0. The number of aromatic nitrogens is 1. The SMILES string of the molecule is C[C@@H]1C[C@H]1C(=O)Nc1cc(-c2ccc(O[C@H]3CCN(C(=O)CO)C[C@H]3F)c(C#N)c2)ccn1. The van der Waals surface area contributed by atoms with E-state index in [0.29, 0.717) is 11.7 Å². The summed E-state index contributed by atoms with van der Waals surface area (Å²) in [5.41, 5.74) is 1.76. The molecule has 1 aromatic carbocycles. The Balaban J connectivity index is 1.46. The molecule has 1 aromatic heterocycles. The fourth-order valence-electron chi connectivity index (χ4n) is 3.99. The first kappa shape index (κ1) is 22.7. The molecule has 0 unspecified atom stereocenters. The minimum absolute atomic E-state index is 0.0324. The van der Waals surface area contributed by atoms with Crippen LogP contribution in [0.1, 0.15) is 25.3 Å². The van der Waals surface area contributed by atoms with Crippen LogP contribution in [0.25, 0.3) is 11.1 Å². The van der Waals surface area contributed by atoms with Crippen molar-refractivity contribution < 1.29 is 23.8 Å². The molecular weight excluding hydrogens is 427 g/mol. The maximum Gasteiger partial charge on any atom is 0.248 e. The second kappa shape index (κ2) is 9.55. The summed E-state index contributed by atoms with van der Waals surface area (Å²) in [6.45, 7) is 1.49. The van der Waals surface area contributed by atoms with Crippen LogP contribution in [-0.2, 0) is 9.59 Å². The quantitative estimate of drug-likeness (QED) is 0.696. The van der Waals surface area contributed by atoms with Crippen LogP contribution < -0.4 is 10.1 Å².